The second-order valence-electron chi connectivity index (χ2n) is 4.47. The summed E-state index contributed by atoms with van der Waals surface area (Å²) >= 11 is 1.74. The van der Waals surface area contributed by atoms with Crippen LogP contribution in [0.5, 0.6) is 0 Å². The van der Waals surface area contributed by atoms with E-state index < -0.39 is 5.97 Å². The molecule has 100 valence electrons. The Morgan fingerprint density at radius 2 is 1.95 bits per heavy atom. The van der Waals surface area contributed by atoms with E-state index in [4.69, 9.17) is 5.11 Å². The van der Waals surface area contributed by atoms with Gasteiger partial charge in [-0.15, -0.1) is 11.3 Å². The molecule has 0 aliphatic carbocycles. The largest absolute Gasteiger partial charge is 0.481 e. The highest BCUT2D eigenvalue weighted by atomic mass is 32.1. The van der Waals surface area contributed by atoms with Gasteiger partial charge in [-0.2, -0.15) is 0 Å². The van der Waals surface area contributed by atoms with E-state index in [-0.39, 0.29) is 6.42 Å². The van der Waals surface area contributed by atoms with Crippen LogP contribution >= 0.6 is 11.3 Å². The number of carbonyl (C=O) groups is 1. The predicted octanol–water partition coefficient (Wildman–Crippen LogP) is 2.97. The lowest BCUT2D eigenvalue weighted by atomic mass is 10.0. The van der Waals surface area contributed by atoms with Gasteiger partial charge in [0.2, 0.25) is 0 Å². The van der Waals surface area contributed by atoms with Crippen molar-refractivity contribution in [2.24, 2.45) is 0 Å². The Kier molecular flexibility index (Phi) is 4.71. The van der Waals surface area contributed by atoms with Gasteiger partial charge in [-0.3, -0.25) is 4.79 Å². The van der Waals surface area contributed by atoms with Crippen LogP contribution in [0.1, 0.15) is 21.6 Å². The molecule has 0 saturated heterocycles. The van der Waals surface area contributed by atoms with Crippen LogP contribution in [-0.2, 0) is 24.3 Å². The molecule has 3 nitrogen and oxygen atoms in total. The normalized spacial score (nSPS) is 10.6. The fourth-order valence-corrected chi connectivity index (χ4v) is 2.84. The molecule has 4 heteroatoms. The zero-order valence-electron chi connectivity index (χ0n) is 10.8. The quantitative estimate of drug-likeness (QED) is 0.852. The Hall–Kier alpha value is -1.65. The summed E-state index contributed by atoms with van der Waals surface area (Å²) in [5, 5.41) is 14.3. The zero-order chi connectivity index (χ0) is 13.7. The number of rotatable bonds is 6. The summed E-state index contributed by atoms with van der Waals surface area (Å²) in [5.41, 5.74) is 3.24. The monoisotopic (exact) mass is 275 g/mol. The van der Waals surface area contributed by atoms with Crippen molar-refractivity contribution in [1.29, 1.82) is 0 Å². The Morgan fingerprint density at radius 3 is 2.58 bits per heavy atom. The van der Waals surface area contributed by atoms with Crippen molar-refractivity contribution in [2.45, 2.75) is 26.4 Å². The van der Waals surface area contributed by atoms with Crippen LogP contribution in [-0.4, -0.2) is 11.1 Å². The maximum atomic E-state index is 10.8. The minimum Gasteiger partial charge on any atom is -0.481 e. The second kappa shape index (κ2) is 6.50. The molecule has 1 aromatic carbocycles. The number of aliphatic carboxylic acids is 1. The molecule has 2 rings (SSSR count). The zero-order valence-corrected chi connectivity index (χ0v) is 11.7. The maximum absolute atomic E-state index is 10.8. The highest BCUT2D eigenvalue weighted by Gasteiger charge is 2.06. The van der Waals surface area contributed by atoms with E-state index in [9.17, 15) is 4.79 Å². The van der Waals surface area contributed by atoms with Gasteiger partial charge < -0.3 is 10.4 Å². The van der Waals surface area contributed by atoms with Crippen molar-refractivity contribution in [3.05, 3.63) is 57.3 Å². The number of benzene rings is 1. The fraction of sp³-hybridized carbons (Fsp3) is 0.267. The van der Waals surface area contributed by atoms with Crippen molar-refractivity contribution in [3.8, 4) is 0 Å². The molecule has 0 saturated carbocycles. The molecular formula is C15H17NO2S. The maximum Gasteiger partial charge on any atom is 0.307 e. The predicted molar refractivity (Wildman–Crippen MR) is 77.4 cm³/mol. The molecular weight excluding hydrogens is 258 g/mol. The smallest absolute Gasteiger partial charge is 0.307 e. The summed E-state index contributed by atoms with van der Waals surface area (Å²) < 4.78 is 0. The summed E-state index contributed by atoms with van der Waals surface area (Å²) in [6.07, 6.45) is 0.0792. The van der Waals surface area contributed by atoms with Crippen molar-refractivity contribution < 1.29 is 9.90 Å². The first-order valence-corrected chi connectivity index (χ1v) is 7.07. The fourth-order valence-electron chi connectivity index (χ4n) is 1.96. The standard InChI is InChI=1S/C15H17NO2S/c1-11-6-7-19-14(11)10-16-9-13-5-3-2-4-12(13)8-15(17)18/h2-7,16H,8-10H2,1H3,(H,17,18). The minimum atomic E-state index is -0.790. The molecule has 0 aliphatic rings. The second-order valence-corrected chi connectivity index (χ2v) is 5.47. The van der Waals surface area contributed by atoms with E-state index in [1.807, 2.05) is 24.3 Å². The first-order chi connectivity index (χ1) is 9.16. The Labute approximate surface area is 116 Å². The molecule has 0 atom stereocenters. The lowest BCUT2D eigenvalue weighted by Gasteiger charge is -2.09. The number of thiophene rings is 1. The van der Waals surface area contributed by atoms with Crippen molar-refractivity contribution >= 4 is 17.3 Å². The van der Waals surface area contributed by atoms with Crippen LogP contribution in [0.4, 0.5) is 0 Å². The van der Waals surface area contributed by atoms with Gasteiger partial charge in [0.25, 0.3) is 0 Å². The van der Waals surface area contributed by atoms with Crippen LogP contribution in [0.3, 0.4) is 0 Å². The van der Waals surface area contributed by atoms with Crippen LogP contribution in [0.25, 0.3) is 0 Å². The van der Waals surface area contributed by atoms with Crippen molar-refractivity contribution in [1.82, 2.24) is 5.32 Å². The van der Waals surface area contributed by atoms with Gasteiger partial charge in [0.05, 0.1) is 6.42 Å². The molecule has 0 spiro atoms. The van der Waals surface area contributed by atoms with Gasteiger partial charge in [0, 0.05) is 18.0 Å². The van der Waals surface area contributed by atoms with E-state index in [1.54, 1.807) is 11.3 Å². The summed E-state index contributed by atoms with van der Waals surface area (Å²) in [4.78, 5) is 12.1. The average molecular weight is 275 g/mol. The van der Waals surface area contributed by atoms with E-state index in [2.05, 4.69) is 23.7 Å². The highest BCUT2D eigenvalue weighted by Crippen LogP contribution is 2.15. The van der Waals surface area contributed by atoms with Crippen molar-refractivity contribution in [2.75, 3.05) is 0 Å². The Balaban J connectivity index is 1.96. The number of carboxylic acid groups (broad SMARTS) is 1. The van der Waals surface area contributed by atoms with Gasteiger partial charge in [0.15, 0.2) is 0 Å². The Bertz CT molecular complexity index is 563. The molecule has 0 fully saturated rings. The average Bonchev–Trinajstić information content (AvgIpc) is 2.77. The van der Waals surface area contributed by atoms with Crippen LogP contribution in [0.2, 0.25) is 0 Å². The summed E-state index contributed by atoms with van der Waals surface area (Å²) in [7, 11) is 0. The van der Waals surface area contributed by atoms with Crippen LogP contribution in [0, 0.1) is 6.92 Å². The number of hydrogen-bond donors (Lipinski definition) is 2. The number of aryl methyl sites for hydroxylation is 1. The Morgan fingerprint density at radius 1 is 1.21 bits per heavy atom. The molecule has 2 N–H and O–H groups in total. The van der Waals surface area contributed by atoms with Gasteiger partial charge in [-0.1, -0.05) is 24.3 Å². The van der Waals surface area contributed by atoms with Gasteiger partial charge in [0.1, 0.15) is 0 Å². The third-order valence-electron chi connectivity index (χ3n) is 3.03. The first kappa shape index (κ1) is 13.8. The molecule has 0 bridgehead atoms. The van der Waals surface area contributed by atoms with Crippen molar-refractivity contribution in [3.63, 3.8) is 0 Å². The molecule has 2 aromatic rings. The van der Waals surface area contributed by atoms with E-state index in [1.165, 1.54) is 10.4 Å². The molecule has 0 aliphatic heterocycles. The molecule has 1 heterocycles. The topological polar surface area (TPSA) is 49.3 Å². The molecule has 1 aromatic heterocycles. The molecule has 19 heavy (non-hydrogen) atoms. The highest BCUT2D eigenvalue weighted by molar-refractivity contribution is 7.10. The van der Waals surface area contributed by atoms with E-state index in [0.717, 1.165) is 17.7 Å². The summed E-state index contributed by atoms with van der Waals surface area (Å²) in [5.74, 6) is -0.790. The molecule has 0 amide bonds. The number of hydrogen-bond acceptors (Lipinski definition) is 3. The van der Waals surface area contributed by atoms with E-state index in [0.29, 0.717) is 6.54 Å². The lowest BCUT2D eigenvalue weighted by Crippen LogP contribution is -2.14. The summed E-state index contributed by atoms with van der Waals surface area (Å²) in [6, 6.07) is 9.79. The lowest BCUT2D eigenvalue weighted by molar-refractivity contribution is -0.136. The van der Waals surface area contributed by atoms with Gasteiger partial charge in [-0.25, -0.2) is 0 Å². The third-order valence-corrected chi connectivity index (χ3v) is 4.05. The first-order valence-electron chi connectivity index (χ1n) is 6.19. The summed E-state index contributed by atoms with van der Waals surface area (Å²) in [6.45, 7) is 3.62. The SMILES string of the molecule is Cc1ccsc1CNCc1ccccc1CC(=O)O. The minimum absolute atomic E-state index is 0.0792. The van der Waals surface area contributed by atoms with Gasteiger partial charge >= 0.3 is 5.97 Å². The third kappa shape index (κ3) is 3.91. The van der Waals surface area contributed by atoms with Crippen LogP contribution < -0.4 is 5.32 Å². The molecule has 0 unspecified atom stereocenters. The number of nitrogens with one attached hydrogen (secondary N) is 1. The molecule has 0 radical (unpaired) electrons. The number of carboxylic acids is 1. The van der Waals surface area contributed by atoms with E-state index >= 15 is 0 Å². The van der Waals surface area contributed by atoms with Gasteiger partial charge in [-0.05, 0) is 35.1 Å². The van der Waals surface area contributed by atoms with Crippen LogP contribution in [0.15, 0.2) is 35.7 Å².